The number of methoxy groups -OCH3 is 1. The number of hydrogen-bond donors (Lipinski definition) is 1. The molecule has 2 rings (SSSR count). The summed E-state index contributed by atoms with van der Waals surface area (Å²) in [6.45, 7) is 6.28. The summed E-state index contributed by atoms with van der Waals surface area (Å²) in [4.78, 5) is 23.8. The van der Waals surface area contributed by atoms with Gasteiger partial charge in [-0.05, 0) is 44.0 Å². The molecule has 0 spiro atoms. The molecule has 0 fully saturated rings. The second kappa shape index (κ2) is 9.90. The molecule has 0 radical (unpaired) electrons. The fourth-order valence-corrected chi connectivity index (χ4v) is 2.54. The van der Waals surface area contributed by atoms with E-state index in [-0.39, 0.29) is 19.1 Å². The normalized spacial score (nSPS) is 11.0. The number of hydrogen-bond acceptors (Lipinski definition) is 6. The molecule has 0 bridgehead atoms. The number of ether oxygens (including phenoxy) is 3. The number of nitrogens with one attached hydrogen (secondary N) is 1. The minimum atomic E-state index is -0.509. The minimum absolute atomic E-state index is 0.0947. The Morgan fingerprint density at radius 3 is 2.36 bits per heavy atom. The Balaban J connectivity index is 1.95. The van der Waals surface area contributed by atoms with Crippen molar-refractivity contribution in [3.8, 4) is 16.9 Å². The van der Waals surface area contributed by atoms with Gasteiger partial charge in [-0.1, -0.05) is 36.4 Å². The Labute approximate surface area is 165 Å². The summed E-state index contributed by atoms with van der Waals surface area (Å²) in [5, 5.41) is 2.96. The van der Waals surface area contributed by atoms with Gasteiger partial charge >= 0.3 is 11.9 Å². The van der Waals surface area contributed by atoms with E-state index in [2.05, 4.69) is 5.32 Å². The van der Waals surface area contributed by atoms with Crippen LogP contribution in [0.4, 0.5) is 0 Å². The molecule has 0 unspecified atom stereocenters. The van der Waals surface area contributed by atoms with Gasteiger partial charge in [-0.3, -0.25) is 4.79 Å². The first-order valence-corrected chi connectivity index (χ1v) is 9.13. The highest BCUT2D eigenvalue weighted by Crippen LogP contribution is 2.27. The molecule has 6 nitrogen and oxygen atoms in total. The number of rotatable bonds is 8. The second-order valence-corrected chi connectivity index (χ2v) is 7.18. The van der Waals surface area contributed by atoms with E-state index in [1.807, 2.05) is 57.2 Å². The summed E-state index contributed by atoms with van der Waals surface area (Å²) in [6, 6.07) is 15.2. The van der Waals surface area contributed by atoms with Gasteiger partial charge in [0.05, 0.1) is 13.7 Å². The molecule has 0 aliphatic carbocycles. The Morgan fingerprint density at radius 2 is 1.71 bits per heavy atom. The first-order chi connectivity index (χ1) is 13.3. The van der Waals surface area contributed by atoms with Crippen LogP contribution in [0, 0.1) is 0 Å². The van der Waals surface area contributed by atoms with Crippen molar-refractivity contribution in [1.82, 2.24) is 5.32 Å². The summed E-state index contributed by atoms with van der Waals surface area (Å²) in [6.07, 6.45) is 0. The van der Waals surface area contributed by atoms with Gasteiger partial charge in [-0.2, -0.15) is 0 Å². The zero-order chi connectivity index (χ0) is 20.6. The number of benzene rings is 2. The lowest BCUT2D eigenvalue weighted by atomic mass is 10.0. The summed E-state index contributed by atoms with van der Waals surface area (Å²) < 4.78 is 15.8. The van der Waals surface area contributed by atoms with E-state index >= 15 is 0 Å². The van der Waals surface area contributed by atoms with Crippen molar-refractivity contribution < 1.29 is 23.8 Å². The Bertz CT molecular complexity index is 796. The van der Waals surface area contributed by atoms with Crippen LogP contribution in [0.3, 0.4) is 0 Å². The third-order valence-corrected chi connectivity index (χ3v) is 3.72. The van der Waals surface area contributed by atoms with E-state index < -0.39 is 11.6 Å². The van der Waals surface area contributed by atoms with Crippen LogP contribution in [-0.4, -0.2) is 44.3 Å². The van der Waals surface area contributed by atoms with Crippen molar-refractivity contribution in [2.75, 3.05) is 26.8 Å². The second-order valence-electron chi connectivity index (χ2n) is 7.18. The maximum absolute atomic E-state index is 12.1. The van der Waals surface area contributed by atoms with E-state index in [0.717, 1.165) is 11.1 Å². The molecule has 2 aromatic rings. The van der Waals surface area contributed by atoms with Crippen LogP contribution >= 0.6 is 0 Å². The fourth-order valence-electron chi connectivity index (χ4n) is 2.54. The Morgan fingerprint density at radius 1 is 1.00 bits per heavy atom. The van der Waals surface area contributed by atoms with E-state index in [0.29, 0.717) is 17.9 Å². The summed E-state index contributed by atoms with van der Waals surface area (Å²) in [7, 11) is 1.34. The van der Waals surface area contributed by atoms with Gasteiger partial charge in [0.2, 0.25) is 0 Å². The zero-order valence-corrected chi connectivity index (χ0v) is 16.8. The van der Waals surface area contributed by atoms with E-state index in [4.69, 9.17) is 14.2 Å². The Kier molecular flexibility index (Phi) is 7.58. The molecule has 0 saturated heterocycles. The first-order valence-electron chi connectivity index (χ1n) is 9.13. The van der Waals surface area contributed by atoms with Crippen LogP contribution in [0.25, 0.3) is 11.1 Å². The van der Waals surface area contributed by atoms with Crippen molar-refractivity contribution in [3.63, 3.8) is 0 Å². The monoisotopic (exact) mass is 385 g/mol. The van der Waals surface area contributed by atoms with Crippen molar-refractivity contribution in [2.45, 2.75) is 26.4 Å². The molecular weight excluding hydrogens is 358 g/mol. The van der Waals surface area contributed by atoms with E-state index in [1.54, 1.807) is 12.1 Å². The number of esters is 2. The largest absolute Gasteiger partial charge is 0.491 e. The van der Waals surface area contributed by atoms with Gasteiger partial charge < -0.3 is 19.5 Å². The third-order valence-electron chi connectivity index (χ3n) is 3.72. The summed E-state index contributed by atoms with van der Waals surface area (Å²) in [5.41, 5.74) is 1.75. The lowest BCUT2D eigenvalue weighted by molar-refractivity contribution is -0.153. The highest BCUT2D eigenvalue weighted by atomic mass is 16.6. The molecule has 28 heavy (non-hydrogen) atoms. The lowest BCUT2D eigenvalue weighted by Gasteiger charge is -2.19. The number of carbonyl (C=O) groups excluding carboxylic acids is 2. The highest BCUT2D eigenvalue weighted by molar-refractivity contribution is 5.94. The van der Waals surface area contributed by atoms with Crippen molar-refractivity contribution in [1.29, 1.82) is 0 Å². The maximum Gasteiger partial charge on any atom is 0.341 e. The topological polar surface area (TPSA) is 73.9 Å². The van der Waals surface area contributed by atoms with Crippen LogP contribution in [0.2, 0.25) is 0 Å². The van der Waals surface area contributed by atoms with E-state index in [1.165, 1.54) is 7.11 Å². The van der Waals surface area contributed by atoms with Gasteiger partial charge in [0.1, 0.15) is 23.5 Å². The number of carbonyl (C=O) groups is 2. The van der Waals surface area contributed by atoms with Crippen molar-refractivity contribution in [2.24, 2.45) is 0 Å². The summed E-state index contributed by atoms with van der Waals surface area (Å²) in [5.74, 6) is -0.352. The van der Waals surface area contributed by atoms with Crippen LogP contribution in [0.5, 0.6) is 5.75 Å². The molecule has 0 atom stereocenters. The first kappa shape index (κ1) is 21.4. The predicted molar refractivity (Wildman–Crippen MR) is 107 cm³/mol. The lowest BCUT2D eigenvalue weighted by Crippen LogP contribution is -2.33. The SMILES string of the molecule is COC(=O)c1cc(-c2ccccc2)ccc1OCCNCC(=O)OC(C)(C)C. The molecule has 150 valence electrons. The average molecular weight is 385 g/mol. The predicted octanol–water partition coefficient (Wildman–Crippen LogP) is 3.45. The van der Waals surface area contributed by atoms with Crippen LogP contribution in [-0.2, 0) is 14.3 Å². The van der Waals surface area contributed by atoms with Crippen molar-refractivity contribution >= 4 is 11.9 Å². The Hall–Kier alpha value is -2.86. The van der Waals surface area contributed by atoms with Crippen LogP contribution in [0.15, 0.2) is 48.5 Å². The van der Waals surface area contributed by atoms with Gasteiger partial charge in [0.15, 0.2) is 0 Å². The molecule has 0 saturated carbocycles. The smallest absolute Gasteiger partial charge is 0.341 e. The minimum Gasteiger partial charge on any atom is -0.491 e. The molecule has 0 amide bonds. The van der Waals surface area contributed by atoms with Gasteiger partial charge in [0.25, 0.3) is 0 Å². The quantitative estimate of drug-likeness (QED) is 0.554. The van der Waals surface area contributed by atoms with Gasteiger partial charge in [0, 0.05) is 6.54 Å². The average Bonchev–Trinajstić information content (AvgIpc) is 2.66. The molecule has 0 aliphatic heterocycles. The highest BCUT2D eigenvalue weighted by Gasteiger charge is 2.16. The molecule has 6 heteroatoms. The molecule has 1 N–H and O–H groups in total. The van der Waals surface area contributed by atoms with E-state index in [9.17, 15) is 9.59 Å². The third kappa shape index (κ3) is 6.70. The molecule has 0 heterocycles. The molecule has 0 aliphatic rings. The fraction of sp³-hybridized carbons (Fsp3) is 0.364. The standard InChI is InChI=1S/C22H27NO5/c1-22(2,3)28-20(24)15-23-12-13-27-19-11-10-17(14-18(19)21(25)26-4)16-8-6-5-7-9-16/h5-11,14,23H,12-13,15H2,1-4H3. The maximum atomic E-state index is 12.1. The molecular formula is C22H27NO5. The molecule has 0 aromatic heterocycles. The molecule has 2 aromatic carbocycles. The van der Waals surface area contributed by atoms with Crippen LogP contribution < -0.4 is 10.1 Å². The van der Waals surface area contributed by atoms with Gasteiger partial charge in [-0.15, -0.1) is 0 Å². The zero-order valence-electron chi connectivity index (χ0n) is 16.8. The van der Waals surface area contributed by atoms with Crippen molar-refractivity contribution in [3.05, 3.63) is 54.1 Å². The van der Waals surface area contributed by atoms with Crippen LogP contribution in [0.1, 0.15) is 31.1 Å². The van der Waals surface area contributed by atoms with Gasteiger partial charge in [-0.25, -0.2) is 4.79 Å². The summed E-state index contributed by atoms with van der Waals surface area (Å²) >= 11 is 0.